The molecule has 0 bridgehead atoms. The van der Waals surface area contributed by atoms with Gasteiger partial charge in [0.2, 0.25) is 0 Å². The van der Waals surface area contributed by atoms with Gasteiger partial charge in [-0.3, -0.25) is 4.90 Å². The molecule has 0 saturated carbocycles. The fraction of sp³-hybridized carbons (Fsp3) is 0.500. The van der Waals surface area contributed by atoms with Crippen molar-refractivity contribution in [2.45, 2.75) is 19.4 Å². The highest BCUT2D eigenvalue weighted by atomic mass is 35.5. The lowest BCUT2D eigenvalue weighted by atomic mass is 9.80. The van der Waals surface area contributed by atoms with Gasteiger partial charge in [-0.1, -0.05) is 23.2 Å². The van der Waals surface area contributed by atoms with Crippen LogP contribution in [0.5, 0.6) is 5.75 Å². The van der Waals surface area contributed by atoms with E-state index in [9.17, 15) is 10.2 Å². The summed E-state index contributed by atoms with van der Waals surface area (Å²) in [5.41, 5.74) is 0.101. The third kappa shape index (κ3) is 3.18. The molecule has 1 aromatic carbocycles. The highest BCUT2D eigenvalue weighted by molar-refractivity contribution is 6.42. The molecule has 0 atom stereocenters. The normalized spacial score (nSPS) is 18.7. The van der Waals surface area contributed by atoms with E-state index in [2.05, 4.69) is 11.0 Å². The Labute approximate surface area is 128 Å². The van der Waals surface area contributed by atoms with Crippen molar-refractivity contribution in [2.75, 3.05) is 19.7 Å². The second-order valence-corrected chi connectivity index (χ2v) is 6.04. The van der Waals surface area contributed by atoms with Gasteiger partial charge in [-0.25, -0.2) is 0 Å². The number of hydrogen-bond acceptors (Lipinski definition) is 4. The maximum absolute atomic E-state index is 9.88. The number of nitrogens with zero attached hydrogens (tertiary/aromatic N) is 2. The molecule has 20 heavy (non-hydrogen) atoms. The first-order valence-electron chi connectivity index (χ1n) is 6.41. The Morgan fingerprint density at radius 1 is 1.25 bits per heavy atom. The number of halogens is 2. The third-order valence-corrected chi connectivity index (χ3v) is 4.59. The van der Waals surface area contributed by atoms with E-state index >= 15 is 0 Å². The van der Waals surface area contributed by atoms with E-state index in [-0.39, 0.29) is 12.4 Å². The van der Waals surface area contributed by atoms with Crippen LogP contribution in [0.15, 0.2) is 12.1 Å². The third-order valence-electron chi connectivity index (χ3n) is 3.87. The average molecular weight is 315 g/mol. The predicted octanol–water partition coefficient (Wildman–Crippen LogP) is 2.80. The van der Waals surface area contributed by atoms with Gasteiger partial charge in [-0.15, -0.1) is 0 Å². The van der Waals surface area contributed by atoms with Crippen LogP contribution in [0, 0.1) is 16.7 Å². The smallest absolute Gasteiger partial charge is 0.121 e. The summed E-state index contributed by atoms with van der Waals surface area (Å²) in [7, 11) is 0. The Balaban J connectivity index is 2.03. The summed E-state index contributed by atoms with van der Waals surface area (Å²) in [4.78, 5) is 2.13. The van der Waals surface area contributed by atoms with Crippen LogP contribution in [0.1, 0.15) is 18.4 Å². The Morgan fingerprint density at radius 3 is 2.40 bits per heavy atom. The van der Waals surface area contributed by atoms with Crippen molar-refractivity contribution in [3.05, 3.63) is 27.7 Å². The number of aliphatic hydroxyl groups is 1. The number of phenols is 1. The van der Waals surface area contributed by atoms with Gasteiger partial charge in [0.05, 0.1) is 28.1 Å². The highest BCUT2D eigenvalue weighted by Crippen LogP contribution is 2.33. The van der Waals surface area contributed by atoms with Gasteiger partial charge in [-0.05, 0) is 18.9 Å². The lowest BCUT2D eigenvalue weighted by molar-refractivity contribution is 0.0819. The first-order valence-corrected chi connectivity index (χ1v) is 7.16. The molecule has 0 amide bonds. The zero-order valence-electron chi connectivity index (χ0n) is 10.9. The highest BCUT2D eigenvalue weighted by Gasteiger charge is 2.34. The summed E-state index contributed by atoms with van der Waals surface area (Å²) in [6.45, 7) is 1.85. The van der Waals surface area contributed by atoms with Gasteiger partial charge >= 0.3 is 0 Å². The fourth-order valence-electron chi connectivity index (χ4n) is 2.39. The average Bonchev–Trinajstić information content (AvgIpc) is 2.46. The van der Waals surface area contributed by atoms with E-state index in [0.717, 1.165) is 0 Å². The van der Waals surface area contributed by atoms with Gasteiger partial charge in [0, 0.05) is 31.3 Å². The fourth-order valence-corrected chi connectivity index (χ4v) is 2.73. The molecule has 1 saturated heterocycles. The van der Waals surface area contributed by atoms with E-state index < -0.39 is 5.41 Å². The van der Waals surface area contributed by atoms with E-state index in [1.165, 1.54) is 6.07 Å². The van der Waals surface area contributed by atoms with Crippen LogP contribution in [0.25, 0.3) is 0 Å². The molecule has 1 aromatic rings. The molecule has 0 unspecified atom stereocenters. The topological polar surface area (TPSA) is 67.5 Å². The second-order valence-electron chi connectivity index (χ2n) is 5.22. The van der Waals surface area contributed by atoms with Crippen molar-refractivity contribution in [1.82, 2.24) is 4.90 Å². The molecule has 0 aromatic heterocycles. The molecule has 2 rings (SSSR count). The first-order chi connectivity index (χ1) is 9.49. The summed E-state index contributed by atoms with van der Waals surface area (Å²) in [5, 5.41) is 29.1. The van der Waals surface area contributed by atoms with Crippen LogP contribution in [0.3, 0.4) is 0 Å². The predicted molar refractivity (Wildman–Crippen MR) is 77.8 cm³/mol. The maximum atomic E-state index is 9.88. The number of phenolic OH excluding ortho intramolecular Hbond substituents is 1. The minimum absolute atomic E-state index is 0.102. The molecule has 2 N–H and O–H groups in total. The number of rotatable bonds is 3. The Hall–Kier alpha value is -0.990. The molecule has 108 valence electrons. The van der Waals surface area contributed by atoms with Crippen LogP contribution in [0.2, 0.25) is 10.0 Å². The summed E-state index contributed by atoms with van der Waals surface area (Å²) >= 11 is 11.8. The van der Waals surface area contributed by atoms with Gasteiger partial charge < -0.3 is 10.2 Å². The van der Waals surface area contributed by atoms with E-state index in [0.29, 0.717) is 48.1 Å². The first kappa shape index (κ1) is 15.4. The van der Waals surface area contributed by atoms with Crippen LogP contribution in [0.4, 0.5) is 0 Å². The minimum Gasteiger partial charge on any atom is -0.508 e. The standard InChI is InChI=1S/C14H16Cl2N2O2/c15-11-5-10(13(20)6-12(11)16)7-18-3-1-14(8-17,9-19)2-4-18/h5-6,19-20H,1-4,7,9H2. The number of aliphatic hydroxyl groups excluding tert-OH is 1. The number of hydrogen-bond donors (Lipinski definition) is 2. The molecule has 6 heteroatoms. The van der Waals surface area contributed by atoms with E-state index in [4.69, 9.17) is 28.5 Å². The monoisotopic (exact) mass is 314 g/mol. The van der Waals surface area contributed by atoms with E-state index in [1.54, 1.807) is 6.07 Å². The van der Waals surface area contributed by atoms with Crippen molar-refractivity contribution in [2.24, 2.45) is 5.41 Å². The van der Waals surface area contributed by atoms with Crippen LogP contribution < -0.4 is 0 Å². The Morgan fingerprint density at radius 2 is 1.85 bits per heavy atom. The number of aromatic hydroxyl groups is 1. The molecular weight excluding hydrogens is 299 g/mol. The van der Waals surface area contributed by atoms with Crippen molar-refractivity contribution in [1.29, 1.82) is 5.26 Å². The molecule has 1 aliphatic heterocycles. The lowest BCUT2D eigenvalue weighted by Crippen LogP contribution is -2.40. The van der Waals surface area contributed by atoms with Crippen molar-refractivity contribution in [3.8, 4) is 11.8 Å². The molecule has 0 aliphatic carbocycles. The summed E-state index contributed by atoms with van der Waals surface area (Å²) in [6.07, 6.45) is 1.25. The zero-order valence-corrected chi connectivity index (χ0v) is 12.5. The van der Waals surface area contributed by atoms with Gasteiger partial charge in [0.25, 0.3) is 0 Å². The molecular formula is C14H16Cl2N2O2. The van der Waals surface area contributed by atoms with E-state index in [1.807, 2.05) is 0 Å². The van der Waals surface area contributed by atoms with Gasteiger partial charge in [-0.2, -0.15) is 5.26 Å². The number of benzene rings is 1. The SMILES string of the molecule is N#CC1(CO)CCN(Cc2cc(Cl)c(Cl)cc2O)CC1. The molecule has 4 nitrogen and oxygen atoms in total. The Kier molecular flexibility index (Phi) is 4.77. The van der Waals surface area contributed by atoms with Gasteiger partial charge in [0.15, 0.2) is 0 Å². The summed E-state index contributed by atoms with van der Waals surface area (Å²) in [5.74, 6) is 0.124. The molecule has 1 heterocycles. The van der Waals surface area contributed by atoms with Gasteiger partial charge in [0.1, 0.15) is 5.75 Å². The van der Waals surface area contributed by atoms with Crippen LogP contribution in [-0.2, 0) is 6.54 Å². The summed E-state index contributed by atoms with van der Waals surface area (Å²) in [6, 6.07) is 5.32. The van der Waals surface area contributed by atoms with Crippen molar-refractivity contribution >= 4 is 23.2 Å². The van der Waals surface area contributed by atoms with Crippen molar-refractivity contribution < 1.29 is 10.2 Å². The molecule has 1 fully saturated rings. The Bertz CT molecular complexity index is 535. The zero-order chi connectivity index (χ0) is 14.8. The largest absolute Gasteiger partial charge is 0.508 e. The quantitative estimate of drug-likeness (QED) is 0.900. The molecule has 0 spiro atoms. The maximum Gasteiger partial charge on any atom is 0.121 e. The van der Waals surface area contributed by atoms with Crippen molar-refractivity contribution in [3.63, 3.8) is 0 Å². The number of piperidine rings is 1. The van der Waals surface area contributed by atoms with Crippen LogP contribution in [-0.4, -0.2) is 34.8 Å². The lowest BCUT2D eigenvalue weighted by Gasteiger charge is -2.36. The van der Waals surface area contributed by atoms with Crippen LogP contribution >= 0.6 is 23.2 Å². The minimum atomic E-state index is -0.615. The second kappa shape index (κ2) is 6.19. The summed E-state index contributed by atoms with van der Waals surface area (Å²) < 4.78 is 0. The molecule has 1 aliphatic rings. The number of nitriles is 1. The molecule has 0 radical (unpaired) electrons. The number of likely N-dealkylation sites (tertiary alicyclic amines) is 1.